The number of hydrogen-bond donors (Lipinski definition) is 1. The molecule has 0 saturated carbocycles. The molecule has 2 rings (SSSR count). The van der Waals surface area contributed by atoms with Crippen molar-refractivity contribution in [2.75, 3.05) is 0 Å². The molecule has 0 aliphatic rings. The predicted octanol–water partition coefficient (Wildman–Crippen LogP) is 2.74. The van der Waals surface area contributed by atoms with Crippen LogP contribution in [0.5, 0.6) is 0 Å². The third-order valence-electron chi connectivity index (χ3n) is 2.80. The third kappa shape index (κ3) is 2.83. The Labute approximate surface area is 102 Å². The molecule has 0 saturated heterocycles. The molecule has 0 aliphatic carbocycles. The van der Waals surface area contributed by atoms with E-state index in [9.17, 15) is 0 Å². The summed E-state index contributed by atoms with van der Waals surface area (Å²) in [5, 5.41) is 4.47. The number of terminal acetylenes is 1. The van der Waals surface area contributed by atoms with Crippen LogP contribution in [0.2, 0.25) is 0 Å². The SMILES string of the molecule is C#CC(CC)NCc1ccc2ccccc2n1. The van der Waals surface area contributed by atoms with E-state index in [2.05, 4.69) is 35.3 Å². The smallest absolute Gasteiger partial charge is 0.0705 e. The van der Waals surface area contributed by atoms with Gasteiger partial charge in [-0.15, -0.1) is 6.42 Å². The standard InChI is InChI=1S/C15H16N2/c1-3-13(4-2)16-11-14-10-9-12-7-5-6-8-15(12)17-14/h1,5-10,13,16H,4,11H2,2H3. The number of fused-ring (bicyclic) bond motifs is 1. The van der Waals surface area contributed by atoms with E-state index < -0.39 is 0 Å². The fourth-order valence-electron chi connectivity index (χ4n) is 1.76. The summed E-state index contributed by atoms with van der Waals surface area (Å²) in [7, 11) is 0. The summed E-state index contributed by atoms with van der Waals surface area (Å²) in [5.41, 5.74) is 2.05. The molecule has 2 aromatic rings. The van der Waals surface area contributed by atoms with Crippen molar-refractivity contribution in [2.45, 2.75) is 25.9 Å². The van der Waals surface area contributed by atoms with Gasteiger partial charge in [-0.3, -0.25) is 10.3 Å². The third-order valence-corrected chi connectivity index (χ3v) is 2.80. The van der Waals surface area contributed by atoms with E-state index in [0.29, 0.717) is 6.54 Å². The second kappa shape index (κ2) is 5.47. The van der Waals surface area contributed by atoms with E-state index in [0.717, 1.165) is 17.6 Å². The first-order valence-corrected chi connectivity index (χ1v) is 5.87. The second-order valence-electron chi connectivity index (χ2n) is 4.00. The van der Waals surface area contributed by atoms with E-state index >= 15 is 0 Å². The zero-order valence-corrected chi connectivity index (χ0v) is 9.98. The van der Waals surface area contributed by atoms with Gasteiger partial charge in [0.15, 0.2) is 0 Å². The van der Waals surface area contributed by atoms with Crippen LogP contribution in [0.3, 0.4) is 0 Å². The van der Waals surface area contributed by atoms with Gasteiger partial charge < -0.3 is 0 Å². The predicted molar refractivity (Wildman–Crippen MR) is 71.5 cm³/mol. The van der Waals surface area contributed by atoms with Gasteiger partial charge in [0.2, 0.25) is 0 Å². The zero-order valence-electron chi connectivity index (χ0n) is 9.98. The number of pyridine rings is 1. The molecule has 0 bridgehead atoms. The molecule has 0 radical (unpaired) electrons. The zero-order chi connectivity index (χ0) is 12.1. The highest BCUT2D eigenvalue weighted by molar-refractivity contribution is 5.78. The maximum absolute atomic E-state index is 5.41. The van der Waals surface area contributed by atoms with Gasteiger partial charge in [-0.2, -0.15) is 0 Å². The number of nitrogens with zero attached hydrogens (tertiary/aromatic N) is 1. The molecule has 1 aromatic heterocycles. The summed E-state index contributed by atoms with van der Waals surface area (Å²) in [6, 6.07) is 12.4. The van der Waals surface area contributed by atoms with Gasteiger partial charge in [0, 0.05) is 11.9 Å². The Morgan fingerprint density at radius 2 is 2.12 bits per heavy atom. The Hall–Kier alpha value is -1.85. The highest BCUT2D eigenvalue weighted by Crippen LogP contribution is 2.11. The van der Waals surface area contributed by atoms with Crippen LogP contribution in [-0.2, 0) is 6.54 Å². The summed E-state index contributed by atoms with van der Waals surface area (Å²) in [5.74, 6) is 2.72. The summed E-state index contributed by atoms with van der Waals surface area (Å²) in [6.07, 6.45) is 6.34. The number of aromatic nitrogens is 1. The summed E-state index contributed by atoms with van der Waals surface area (Å²) in [4.78, 5) is 4.58. The lowest BCUT2D eigenvalue weighted by atomic mass is 10.2. The number of hydrogen-bond acceptors (Lipinski definition) is 2. The van der Waals surface area contributed by atoms with E-state index in [1.54, 1.807) is 0 Å². The molecule has 0 aliphatic heterocycles. The molecule has 1 N–H and O–H groups in total. The summed E-state index contributed by atoms with van der Waals surface area (Å²) >= 11 is 0. The molecule has 86 valence electrons. The largest absolute Gasteiger partial charge is 0.298 e. The lowest BCUT2D eigenvalue weighted by Crippen LogP contribution is -2.26. The minimum absolute atomic E-state index is 0.128. The molecule has 1 aromatic carbocycles. The number of nitrogens with one attached hydrogen (secondary N) is 1. The monoisotopic (exact) mass is 224 g/mol. The van der Waals surface area contributed by atoms with Crippen LogP contribution in [0.1, 0.15) is 19.0 Å². The number of para-hydroxylation sites is 1. The van der Waals surface area contributed by atoms with Crippen molar-refractivity contribution < 1.29 is 0 Å². The highest BCUT2D eigenvalue weighted by atomic mass is 14.9. The molecule has 1 unspecified atom stereocenters. The minimum atomic E-state index is 0.128. The van der Waals surface area contributed by atoms with E-state index in [4.69, 9.17) is 6.42 Å². The van der Waals surface area contributed by atoms with Crippen molar-refractivity contribution in [3.05, 3.63) is 42.1 Å². The topological polar surface area (TPSA) is 24.9 Å². The van der Waals surface area contributed by atoms with Crippen LogP contribution >= 0.6 is 0 Å². The maximum atomic E-state index is 5.41. The Morgan fingerprint density at radius 1 is 1.29 bits per heavy atom. The van der Waals surface area contributed by atoms with Crippen molar-refractivity contribution in [1.29, 1.82) is 0 Å². The van der Waals surface area contributed by atoms with Gasteiger partial charge in [0.1, 0.15) is 0 Å². The molecule has 0 amide bonds. The van der Waals surface area contributed by atoms with E-state index in [1.807, 2.05) is 24.3 Å². The van der Waals surface area contributed by atoms with Crippen molar-refractivity contribution in [1.82, 2.24) is 10.3 Å². The fraction of sp³-hybridized carbons (Fsp3) is 0.267. The highest BCUT2D eigenvalue weighted by Gasteiger charge is 2.02. The average molecular weight is 224 g/mol. The van der Waals surface area contributed by atoms with Crippen LogP contribution in [-0.4, -0.2) is 11.0 Å². The van der Waals surface area contributed by atoms with E-state index in [1.165, 1.54) is 5.39 Å². The molecule has 1 heterocycles. The summed E-state index contributed by atoms with van der Waals surface area (Å²) < 4.78 is 0. The Kier molecular flexibility index (Phi) is 3.74. The molecule has 0 fully saturated rings. The molecular weight excluding hydrogens is 208 g/mol. The van der Waals surface area contributed by atoms with Gasteiger partial charge in [0.25, 0.3) is 0 Å². The summed E-state index contributed by atoms with van der Waals surface area (Å²) in [6.45, 7) is 2.79. The van der Waals surface area contributed by atoms with Gasteiger partial charge in [-0.25, -0.2) is 0 Å². The normalized spacial score (nSPS) is 12.2. The van der Waals surface area contributed by atoms with Crippen molar-refractivity contribution in [3.8, 4) is 12.3 Å². The lowest BCUT2D eigenvalue weighted by molar-refractivity contribution is 0.586. The maximum Gasteiger partial charge on any atom is 0.0705 e. The molecule has 17 heavy (non-hydrogen) atoms. The Balaban J connectivity index is 2.12. The van der Waals surface area contributed by atoms with Crippen LogP contribution in [0.25, 0.3) is 10.9 Å². The second-order valence-corrected chi connectivity index (χ2v) is 4.00. The molecular formula is C15H16N2. The molecule has 0 spiro atoms. The first-order chi connectivity index (χ1) is 8.33. The van der Waals surface area contributed by atoms with Crippen LogP contribution < -0.4 is 5.32 Å². The minimum Gasteiger partial charge on any atom is -0.298 e. The van der Waals surface area contributed by atoms with Crippen molar-refractivity contribution in [3.63, 3.8) is 0 Å². The van der Waals surface area contributed by atoms with Crippen LogP contribution in [0.15, 0.2) is 36.4 Å². The molecule has 2 heteroatoms. The van der Waals surface area contributed by atoms with Gasteiger partial charge in [-0.05, 0) is 18.6 Å². The van der Waals surface area contributed by atoms with Crippen LogP contribution in [0.4, 0.5) is 0 Å². The Bertz CT molecular complexity index is 540. The average Bonchev–Trinajstić information content (AvgIpc) is 2.40. The first kappa shape index (κ1) is 11.6. The lowest BCUT2D eigenvalue weighted by Gasteiger charge is -2.10. The molecule has 1 atom stereocenters. The van der Waals surface area contributed by atoms with E-state index in [-0.39, 0.29) is 6.04 Å². The number of benzene rings is 1. The van der Waals surface area contributed by atoms with Crippen molar-refractivity contribution >= 4 is 10.9 Å². The van der Waals surface area contributed by atoms with Gasteiger partial charge in [-0.1, -0.05) is 37.1 Å². The molecule has 2 nitrogen and oxygen atoms in total. The quantitative estimate of drug-likeness (QED) is 0.808. The first-order valence-electron chi connectivity index (χ1n) is 5.87. The Morgan fingerprint density at radius 3 is 2.88 bits per heavy atom. The van der Waals surface area contributed by atoms with Gasteiger partial charge in [0.05, 0.1) is 17.3 Å². The van der Waals surface area contributed by atoms with Crippen molar-refractivity contribution in [2.24, 2.45) is 0 Å². The van der Waals surface area contributed by atoms with Crippen LogP contribution in [0, 0.1) is 12.3 Å². The van der Waals surface area contributed by atoms with Gasteiger partial charge >= 0.3 is 0 Å². The number of rotatable bonds is 4. The fourth-order valence-corrected chi connectivity index (χ4v) is 1.76.